The fourth-order valence-corrected chi connectivity index (χ4v) is 3.25. The van der Waals surface area contributed by atoms with Crippen molar-refractivity contribution < 1.29 is 14.3 Å². The predicted molar refractivity (Wildman–Crippen MR) is 105 cm³/mol. The Labute approximate surface area is 166 Å². The average molecular weight is 393 g/mol. The highest BCUT2D eigenvalue weighted by molar-refractivity contribution is 6.06. The minimum atomic E-state index is -0.536. The van der Waals surface area contributed by atoms with Crippen molar-refractivity contribution in [1.82, 2.24) is 25.2 Å². The van der Waals surface area contributed by atoms with Crippen LogP contribution in [0.5, 0.6) is 11.5 Å². The number of rotatable bonds is 5. The van der Waals surface area contributed by atoms with Gasteiger partial charge in [0.1, 0.15) is 17.5 Å². The van der Waals surface area contributed by atoms with Gasteiger partial charge in [-0.25, -0.2) is 0 Å². The lowest BCUT2D eigenvalue weighted by Crippen LogP contribution is -2.31. The molecule has 0 aliphatic carbocycles. The van der Waals surface area contributed by atoms with Crippen molar-refractivity contribution in [3.8, 4) is 11.5 Å². The molecule has 1 aliphatic heterocycles. The number of carbonyl (C=O) groups excluding carboxylic acids is 1. The van der Waals surface area contributed by atoms with E-state index in [2.05, 4.69) is 31.1 Å². The van der Waals surface area contributed by atoms with E-state index >= 15 is 0 Å². The Hall–Kier alpha value is -3.95. The lowest BCUT2D eigenvalue weighted by atomic mass is 9.96. The topological polar surface area (TPSA) is 116 Å². The van der Waals surface area contributed by atoms with Crippen LogP contribution >= 0.6 is 0 Å². The van der Waals surface area contributed by atoms with Crippen LogP contribution in [0.3, 0.4) is 0 Å². The molecule has 10 nitrogen and oxygen atoms in total. The molecule has 10 heteroatoms. The number of carbonyl (C=O) groups is 1. The summed E-state index contributed by atoms with van der Waals surface area (Å²) >= 11 is 0. The molecule has 29 heavy (non-hydrogen) atoms. The minimum absolute atomic E-state index is 0.323. The average Bonchev–Trinajstić information content (AvgIpc) is 3.21. The van der Waals surface area contributed by atoms with E-state index in [9.17, 15) is 4.79 Å². The van der Waals surface area contributed by atoms with E-state index < -0.39 is 6.04 Å². The smallest absolute Gasteiger partial charge is 0.255 e. The molecule has 1 aromatic carbocycles. The molecule has 3 aromatic rings. The van der Waals surface area contributed by atoms with Gasteiger partial charge in [-0.05, 0) is 41.1 Å². The third-order valence-electron chi connectivity index (χ3n) is 4.61. The van der Waals surface area contributed by atoms with E-state index in [1.807, 2.05) is 6.07 Å². The third-order valence-corrected chi connectivity index (χ3v) is 4.61. The molecule has 148 valence electrons. The first-order valence-electron chi connectivity index (χ1n) is 8.81. The molecule has 1 aliphatic rings. The summed E-state index contributed by atoms with van der Waals surface area (Å²) in [5, 5.41) is 17.8. The summed E-state index contributed by atoms with van der Waals surface area (Å²) in [4.78, 5) is 17.5. The molecule has 0 bridgehead atoms. The van der Waals surface area contributed by atoms with E-state index in [0.717, 1.165) is 5.56 Å². The Morgan fingerprint density at radius 3 is 2.83 bits per heavy atom. The second-order valence-electron chi connectivity index (χ2n) is 6.32. The first-order chi connectivity index (χ1) is 14.1. The number of tetrazole rings is 1. The fraction of sp³-hybridized carbons (Fsp3) is 0.211. The maximum atomic E-state index is 13.4. The lowest BCUT2D eigenvalue weighted by molar-refractivity contribution is -0.113. The van der Waals surface area contributed by atoms with Crippen LogP contribution in [0, 0.1) is 0 Å². The Balaban J connectivity index is 1.75. The van der Waals surface area contributed by atoms with Gasteiger partial charge in [0.2, 0.25) is 5.95 Å². The molecule has 1 amide bonds. The van der Waals surface area contributed by atoms with Crippen LogP contribution in [0.25, 0.3) is 0 Å². The Bertz CT molecular complexity index is 1080. The van der Waals surface area contributed by atoms with Gasteiger partial charge in [-0.2, -0.15) is 4.68 Å². The molecule has 2 aromatic heterocycles. The Morgan fingerprint density at radius 2 is 2.10 bits per heavy atom. The van der Waals surface area contributed by atoms with E-state index in [-0.39, 0.29) is 5.91 Å². The monoisotopic (exact) mass is 393 g/mol. The van der Waals surface area contributed by atoms with E-state index in [1.54, 1.807) is 55.4 Å². The van der Waals surface area contributed by atoms with E-state index in [0.29, 0.717) is 34.4 Å². The number of fused-ring (bicyclic) bond motifs is 1. The molecule has 0 fully saturated rings. The van der Waals surface area contributed by atoms with Crippen molar-refractivity contribution in [3.63, 3.8) is 0 Å². The van der Waals surface area contributed by atoms with Gasteiger partial charge >= 0.3 is 0 Å². The molecule has 3 heterocycles. The Morgan fingerprint density at radius 1 is 1.24 bits per heavy atom. The first-order valence-corrected chi connectivity index (χ1v) is 8.81. The number of hydrogen-bond donors (Lipinski definition) is 2. The molecular formula is C19H19N7O3. The number of methoxy groups -OCH3 is 2. The van der Waals surface area contributed by atoms with Crippen LogP contribution in [-0.4, -0.2) is 45.3 Å². The highest BCUT2D eigenvalue weighted by Gasteiger charge is 2.34. The third kappa shape index (κ3) is 3.35. The summed E-state index contributed by atoms with van der Waals surface area (Å²) < 4.78 is 12.2. The van der Waals surface area contributed by atoms with Crippen LogP contribution in [-0.2, 0) is 4.79 Å². The molecule has 2 N–H and O–H groups in total. The Kier molecular flexibility index (Phi) is 4.82. The van der Waals surface area contributed by atoms with Gasteiger partial charge in [-0.15, -0.1) is 0 Å². The SMILES string of the molecule is COc1ccc(OC)c(NC(=O)C2=C(C)Nc3nnnn3C2c2cccnc2)c1. The number of nitrogens with one attached hydrogen (secondary N) is 2. The highest BCUT2D eigenvalue weighted by atomic mass is 16.5. The predicted octanol–water partition coefficient (Wildman–Crippen LogP) is 2.01. The minimum Gasteiger partial charge on any atom is -0.497 e. The second-order valence-corrected chi connectivity index (χ2v) is 6.32. The summed E-state index contributed by atoms with van der Waals surface area (Å²) in [6.07, 6.45) is 3.36. The molecular weight excluding hydrogens is 374 g/mol. The van der Waals surface area contributed by atoms with Crippen molar-refractivity contribution in [2.75, 3.05) is 24.9 Å². The van der Waals surface area contributed by atoms with Crippen LogP contribution in [0.15, 0.2) is 54.0 Å². The van der Waals surface area contributed by atoms with Gasteiger partial charge in [-0.3, -0.25) is 9.78 Å². The normalized spacial score (nSPS) is 15.3. The van der Waals surface area contributed by atoms with Crippen molar-refractivity contribution in [2.24, 2.45) is 0 Å². The number of benzene rings is 1. The molecule has 1 unspecified atom stereocenters. The summed E-state index contributed by atoms with van der Waals surface area (Å²) in [5.41, 5.74) is 2.37. The molecule has 1 atom stereocenters. The van der Waals surface area contributed by atoms with Crippen LogP contribution < -0.4 is 20.1 Å². The zero-order valence-corrected chi connectivity index (χ0v) is 16.1. The van der Waals surface area contributed by atoms with Crippen molar-refractivity contribution >= 4 is 17.5 Å². The van der Waals surface area contributed by atoms with Gasteiger partial charge in [-0.1, -0.05) is 11.2 Å². The number of nitrogens with zero attached hydrogens (tertiary/aromatic N) is 5. The fourth-order valence-electron chi connectivity index (χ4n) is 3.25. The second kappa shape index (κ2) is 7.58. The van der Waals surface area contributed by atoms with Gasteiger partial charge in [0, 0.05) is 24.2 Å². The summed E-state index contributed by atoms with van der Waals surface area (Å²) in [6, 6.07) is 8.33. The quantitative estimate of drug-likeness (QED) is 0.676. The maximum Gasteiger partial charge on any atom is 0.255 e. The number of anilines is 2. The zero-order chi connectivity index (χ0) is 20.4. The number of allylic oxidation sites excluding steroid dienone is 1. The standard InChI is InChI=1S/C19H19N7O3/c1-11-16(18(27)22-14-9-13(28-2)6-7-15(14)29-3)17(12-5-4-8-20-10-12)26-19(21-11)23-24-25-26/h4-10,17H,1-3H3,(H,22,27)(H,21,23,25). The van der Waals surface area contributed by atoms with Gasteiger partial charge in [0.05, 0.1) is 25.5 Å². The largest absolute Gasteiger partial charge is 0.497 e. The van der Waals surface area contributed by atoms with Crippen LogP contribution in [0.1, 0.15) is 18.5 Å². The van der Waals surface area contributed by atoms with Crippen molar-refractivity contribution in [3.05, 3.63) is 59.6 Å². The number of hydrogen-bond acceptors (Lipinski definition) is 8. The summed E-state index contributed by atoms with van der Waals surface area (Å²) in [6.45, 7) is 1.80. The van der Waals surface area contributed by atoms with Crippen molar-refractivity contribution in [2.45, 2.75) is 13.0 Å². The van der Waals surface area contributed by atoms with Crippen molar-refractivity contribution in [1.29, 1.82) is 0 Å². The molecule has 0 saturated carbocycles. The number of pyridine rings is 1. The maximum absolute atomic E-state index is 13.4. The molecule has 0 radical (unpaired) electrons. The first kappa shape index (κ1) is 18.4. The zero-order valence-electron chi connectivity index (χ0n) is 16.1. The van der Waals surface area contributed by atoms with E-state index in [1.165, 1.54) is 7.11 Å². The van der Waals surface area contributed by atoms with E-state index in [4.69, 9.17) is 9.47 Å². The van der Waals surface area contributed by atoms with Gasteiger partial charge in [0.25, 0.3) is 5.91 Å². The van der Waals surface area contributed by atoms with Gasteiger partial charge in [0.15, 0.2) is 0 Å². The number of amides is 1. The molecule has 0 spiro atoms. The highest BCUT2D eigenvalue weighted by Crippen LogP contribution is 2.36. The van der Waals surface area contributed by atoms with Gasteiger partial charge < -0.3 is 20.1 Å². The summed E-state index contributed by atoms with van der Waals surface area (Å²) in [5.74, 6) is 1.24. The number of aromatic nitrogens is 5. The molecule has 4 rings (SSSR count). The molecule has 0 saturated heterocycles. The van der Waals surface area contributed by atoms with Crippen LogP contribution in [0.4, 0.5) is 11.6 Å². The summed E-state index contributed by atoms with van der Waals surface area (Å²) in [7, 11) is 3.10. The van der Waals surface area contributed by atoms with Crippen LogP contribution in [0.2, 0.25) is 0 Å². The lowest BCUT2D eigenvalue weighted by Gasteiger charge is -2.27. The number of ether oxygens (including phenoxy) is 2.